The van der Waals surface area contributed by atoms with Crippen LogP contribution in [0.2, 0.25) is 0 Å². The number of rotatable bonds is 3. The zero-order valence-electron chi connectivity index (χ0n) is 11.5. The molecule has 0 radical (unpaired) electrons. The SMILES string of the molecule is Cc1cccc(NC(=O)N/C=C/C2CCCCC2)c1. The van der Waals surface area contributed by atoms with E-state index in [0.29, 0.717) is 5.92 Å². The summed E-state index contributed by atoms with van der Waals surface area (Å²) < 4.78 is 0. The first-order chi connectivity index (χ1) is 9.24. The van der Waals surface area contributed by atoms with Crippen LogP contribution in [-0.2, 0) is 0 Å². The summed E-state index contributed by atoms with van der Waals surface area (Å²) in [7, 11) is 0. The predicted octanol–water partition coefficient (Wildman–Crippen LogP) is 4.21. The molecule has 0 aliphatic heterocycles. The normalized spacial score (nSPS) is 16.5. The van der Waals surface area contributed by atoms with Crippen molar-refractivity contribution in [2.45, 2.75) is 39.0 Å². The smallest absolute Gasteiger partial charge is 0.315 e. The molecule has 1 saturated carbocycles. The zero-order valence-corrected chi connectivity index (χ0v) is 11.5. The standard InChI is InChI=1S/C16H22N2O/c1-13-6-5-9-15(12-13)18-16(19)17-11-10-14-7-3-2-4-8-14/h5-6,9-12,14H,2-4,7-8H2,1H3,(H2,17,18,19)/b11-10+. The molecule has 0 atom stereocenters. The van der Waals surface area contributed by atoms with Gasteiger partial charge in [-0.15, -0.1) is 0 Å². The fraction of sp³-hybridized carbons (Fsp3) is 0.438. The van der Waals surface area contributed by atoms with Gasteiger partial charge in [-0.25, -0.2) is 4.79 Å². The molecular weight excluding hydrogens is 236 g/mol. The number of amides is 2. The van der Waals surface area contributed by atoms with E-state index in [1.165, 1.54) is 32.1 Å². The second-order valence-electron chi connectivity index (χ2n) is 5.23. The van der Waals surface area contributed by atoms with Crippen LogP contribution < -0.4 is 10.6 Å². The molecule has 2 N–H and O–H groups in total. The summed E-state index contributed by atoms with van der Waals surface area (Å²) in [4.78, 5) is 11.7. The van der Waals surface area contributed by atoms with E-state index in [-0.39, 0.29) is 6.03 Å². The van der Waals surface area contributed by atoms with Crippen molar-refractivity contribution >= 4 is 11.7 Å². The molecule has 1 aliphatic rings. The summed E-state index contributed by atoms with van der Waals surface area (Å²) in [5.41, 5.74) is 1.96. The Kier molecular flexibility index (Phi) is 5.01. The van der Waals surface area contributed by atoms with Gasteiger partial charge in [-0.1, -0.05) is 37.5 Å². The third kappa shape index (κ3) is 4.78. The molecule has 0 spiro atoms. The van der Waals surface area contributed by atoms with Crippen molar-refractivity contribution in [2.75, 3.05) is 5.32 Å². The molecule has 0 heterocycles. The van der Waals surface area contributed by atoms with Gasteiger partial charge in [-0.05, 0) is 43.4 Å². The second kappa shape index (κ2) is 6.98. The fourth-order valence-electron chi connectivity index (χ4n) is 2.48. The van der Waals surface area contributed by atoms with Gasteiger partial charge >= 0.3 is 6.03 Å². The number of hydrogen-bond donors (Lipinski definition) is 2. The first kappa shape index (κ1) is 13.7. The Morgan fingerprint density at radius 1 is 1.26 bits per heavy atom. The molecule has 1 aromatic rings. The number of urea groups is 1. The lowest BCUT2D eigenvalue weighted by molar-refractivity contribution is 0.255. The topological polar surface area (TPSA) is 41.1 Å². The number of carbonyl (C=O) groups excluding carboxylic acids is 1. The number of allylic oxidation sites excluding steroid dienone is 1. The lowest BCUT2D eigenvalue weighted by atomic mass is 9.89. The van der Waals surface area contributed by atoms with Crippen molar-refractivity contribution in [2.24, 2.45) is 5.92 Å². The quantitative estimate of drug-likeness (QED) is 0.837. The van der Waals surface area contributed by atoms with Gasteiger partial charge in [0.2, 0.25) is 0 Å². The van der Waals surface area contributed by atoms with Gasteiger partial charge in [0.1, 0.15) is 0 Å². The minimum absolute atomic E-state index is 0.183. The first-order valence-corrected chi connectivity index (χ1v) is 7.05. The molecule has 0 aromatic heterocycles. The summed E-state index contributed by atoms with van der Waals surface area (Å²) in [6, 6.07) is 7.59. The minimum atomic E-state index is -0.183. The number of anilines is 1. The number of nitrogens with one attached hydrogen (secondary N) is 2. The van der Waals surface area contributed by atoms with Gasteiger partial charge in [0.25, 0.3) is 0 Å². The third-order valence-corrected chi connectivity index (χ3v) is 3.51. The monoisotopic (exact) mass is 258 g/mol. The van der Waals surface area contributed by atoms with Gasteiger partial charge in [0, 0.05) is 11.9 Å². The van der Waals surface area contributed by atoms with Crippen LogP contribution in [0, 0.1) is 12.8 Å². The number of benzene rings is 1. The van der Waals surface area contributed by atoms with Crippen LogP contribution in [0.3, 0.4) is 0 Å². The highest BCUT2D eigenvalue weighted by Gasteiger charge is 2.09. The number of carbonyl (C=O) groups is 1. The molecule has 2 amide bonds. The van der Waals surface area contributed by atoms with E-state index in [0.717, 1.165) is 11.3 Å². The lowest BCUT2D eigenvalue weighted by Gasteiger charge is -2.17. The summed E-state index contributed by atoms with van der Waals surface area (Å²) in [5.74, 6) is 0.632. The Balaban J connectivity index is 1.76. The van der Waals surface area contributed by atoms with Crippen LogP contribution in [0.15, 0.2) is 36.5 Å². The van der Waals surface area contributed by atoms with Gasteiger partial charge in [-0.3, -0.25) is 0 Å². The van der Waals surface area contributed by atoms with E-state index in [2.05, 4.69) is 16.7 Å². The highest BCUT2D eigenvalue weighted by atomic mass is 16.2. The molecule has 102 valence electrons. The van der Waals surface area contributed by atoms with E-state index < -0.39 is 0 Å². The highest BCUT2D eigenvalue weighted by molar-refractivity contribution is 5.89. The van der Waals surface area contributed by atoms with Crippen molar-refractivity contribution in [3.63, 3.8) is 0 Å². The predicted molar refractivity (Wildman–Crippen MR) is 79.0 cm³/mol. The van der Waals surface area contributed by atoms with Crippen LogP contribution >= 0.6 is 0 Å². The number of hydrogen-bond acceptors (Lipinski definition) is 1. The molecule has 1 fully saturated rings. The Morgan fingerprint density at radius 3 is 2.79 bits per heavy atom. The molecule has 1 aliphatic carbocycles. The first-order valence-electron chi connectivity index (χ1n) is 7.05. The molecule has 2 rings (SSSR count). The van der Waals surface area contributed by atoms with E-state index in [1.807, 2.05) is 31.2 Å². The van der Waals surface area contributed by atoms with Gasteiger partial charge in [0.05, 0.1) is 0 Å². The van der Waals surface area contributed by atoms with Crippen molar-refractivity contribution in [1.82, 2.24) is 5.32 Å². The van der Waals surface area contributed by atoms with Crippen molar-refractivity contribution < 1.29 is 4.79 Å². The Labute approximate surface area is 115 Å². The summed E-state index contributed by atoms with van der Waals surface area (Å²) in [6.45, 7) is 2.01. The maximum Gasteiger partial charge on any atom is 0.323 e. The van der Waals surface area contributed by atoms with Gasteiger partial charge in [0.15, 0.2) is 0 Å². The second-order valence-corrected chi connectivity index (χ2v) is 5.23. The molecule has 0 saturated heterocycles. The number of aryl methyl sites for hydroxylation is 1. The molecule has 3 nitrogen and oxygen atoms in total. The molecule has 0 bridgehead atoms. The summed E-state index contributed by atoms with van der Waals surface area (Å²) in [5, 5.41) is 5.59. The maximum atomic E-state index is 11.7. The van der Waals surface area contributed by atoms with Gasteiger partial charge < -0.3 is 10.6 Å². The largest absolute Gasteiger partial charge is 0.323 e. The van der Waals surface area contributed by atoms with E-state index in [1.54, 1.807) is 6.20 Å². The van der Waals surface area contributed by atoms with Crippen LogP contribution in [0.25, 0.3) is 0 Å². The van der Waals surface area contributed by atoms with Crippen molar-refractivity contribution in [1.29, 1.82) is 0 Å². The van der Waals surface area contributed by atoms with E-state index >= 15 is 0 Å². The van der Waals surface area contributed by atoms with Crippen LogP contribution in [0.5, 0.6) is 0 Å². The van der Waals surface area contributed by atoms with E-state index in [4.69, 9.17) is 0 Å². The van der Waals surface area contributed by atoms with Crippen molar-refractivity contribution in [3.8, 4) is 0 Å². The maximum absolute atomic E-state index is 11.7. The highest BCUT2D eigenvalue weighted by Crippen LogP contribution is 2.24. The summed E-state index contributed by atoms with van der Waals surface area (Å²) in [6.07, 6.45) is 10.4. The average molecular weight is 258 g/mol. The third-order valence-electron chi connectivity index (χ3n) is 3.51. The molecular formula is C16H22N2O. The van der Waals surface area contributed by atoms with Crippen molar-refractivity contribution in [3.05, 3.63) is 42.1 Å². The molecule has 19 heavy (non-hydrogen) atoms. The molecule has 0 unspecified atom stereocenters. The fourth-order valence-corrected chi connectivity index (χ4v) is 2.48. The Morgan fingerprint density at radius 2 is 2.05 bits per heavy atom. The molecule has 1 aromatic carbocycles. The van der Waals surface area contributed by atoms with Crippen LogP contribution in [-0.4, -0.2) is 6.03 Å². The average Bonchev–Trinajstić information content (AvgIpc) is 2.40. The van der Waals surface area contributed by atoms with Crippen LogP contribution in [0.4, 0.5) is 10.5 Å². The molecule has 3 heteroatoms. The Hall–Kier alpha value is -1.77. The van der Waals surface area contributed by atoms with E-state index in [9.17, 15) is 4.79 Å². The van der Waals surface area contributed by atoms with Gasteiger partial charge in [-0.2, -0.15) is 0 Å². The van der Waals surface area contributed by atoms with Crippen LogP contribution in [0.1, 0.15) is 37.7 Å². The minimum Gasteiger partial charge on any atom is -0.315 e. The lowest BCUT2D eigenvalue weighted by Crippen LogP contribution is -2.24. The Bertz CT molecular complexity index is 448. The summed E-state index contributed by atoms with van der Waals surface area (Å²) >= 11 is 0. The zero-order chi connectivity index (χ0) is 13.5.